The lowest BCUT2D eigenvalue weighted by Gasteiger charge is -2.43. The second-order valence-electron chi connectivity index (χ2n) is 8.02. The van der Waals surface area contributed by atoms with Crippen molar-refractivity contribution in [1.29, 1.82) is 0 Å². The molecule has 0 saturated heterocycles. The fourth-order valence-corrected chi connectivity index (χ4v) is 6.89. The zero-order valence-corrected chi connectivity index (χ0v) is 12.4. The standard InChI is InChI=1S/C18H26O/c1-8-9(2)15-7-14(8)17-12-5-13(10(3)11(4)19)16(6-12)18(15)17/h8-9,12-18H,3,5-7H2,1-2,4H3. The molecule has 4 bridgehead atoms. The summed E-state index contributed by atoms with van der Waals surface area (Å²) in [5.74, 6) is 8.26. The molecule has 9 unspecified atom stereocenters. The maximum Gasteiger partial charge on any atom is 0.155 e. The van der Waals surface area contributed by atoms with Crippen molar-refractivity contribution in [3.8, 4) is 0 Å². The van der Waals surface area contributed by atoms with Crippen LogP contribution in [-0.2, 0) is 4.79 Å². The maximum absolute atomic E-state index is 11.7. The van der Waals surface area contributed by atoms with Gasteiger partial charge in [-0.2, -0.15) is 0 Å². The Hall–Kier alpha value is -0.590. The summed E-state index contributed by atoms with van der Waals surface area (Å²) < 4.78 is 0. The van der Waals surface area contributed by atoms with Crippen molar-refractivity contribution in [3.05, 3.63) is 12.2 Å². The van der Waals surface area contributed by atoms with Crippen molar-refractivity contribution in [1.82, 2.24) is 0 Å². The van der Waals surface area contributed by atoms with Gasteiger partial charge in [-0.05, 0) is 85.0 Å². The third kappa shape index (κ3) is 1.35. The Balaban J connectivity index is 1.63. The summed E-state index contributed by atoms with van der Waals surface area (Å²) in [7, 11) is 0. The van der Waals surface area contributed by atoms with Gasteiger partial charge in [-0.1, -0.05) is 20.4 Å². The number of allylic oxidation sites excluding steroid dienone is 1. The summed E-state index contributed by atoms with van der Waals surface area (Å²) in [6, 6.07) is 0. The predicted octanol–water partition coefficient (Wildman–Crippen LogP) is 3.94. The Morgan fingerprint density at radius 2 is 1.58 bits per heavy atom. The van der Waals surface area contributed by atoms with Crippen molar-refractivity contribution >= 4 is 5.78 Å². The van der Waals surface area contributed by atoms with Crippen LogP contribution in [0.1, 0.15) is 40.0 Å². The molecule has 0 aliphatic heterocycles. The number of ketones is 1. The lowest BCUT2D eigenvalue weighted by atomic mass is 9.61. The van der Waals surface area contributed by atoms with Gasteiger partial charge in [-0.25, -0.2) is 0 Å². The minimum Gasteiger partial charge on any atom is -0.295 e. The van der Waals surface area contributed by atoms with Crippen LogP contribution in [0.15, 0.2) is 12.2 Å². The lowest BCUT2D eigenvalue weighted by Crippen LogP contribution is -2.39. The van der Waals surface area contributed by atoms with Crippen LogP contribution < -0.4 is 0 Å². The lowest BCUT2D eigenvalue weighted by molar-refractivity contribution is -0.114. The first-order chi connectivity index (χ1) is 9.00. The third-order valence-corrected chi connectivity index (χ3v) is 7.74. The Bertz CT molecular complexity index is 451. The molecular weight excluding hydrogens is 232 g/mol. The van der Waals surface area contributed by atoms with E-state index in [4.69, 9.17) is 0 Å². The number of rotatable bonds is 2. The molecular formula is C18H26O. The van der Waals surface area contributed by atoms with E-state index >= 15 is 0 Å². The van der Waals surface area contributed by atoms with Gasteiger partial charge in [0.25, 0.3) is 0 Å². The second-order valence-corrected chi connectivity index (χ2v) is 8.02. The Morgan fingerprint density at radius 3 is 2.21 bits per heavy atom. The number of carbonyl (C=O) groups is 1. The minimum absolute atomic E-state index is 0.235. The molecule has 4 aliphatic rings. The average molecular weight is 258 g/mol. The monoisotopic (exact) mass is 258 g/mol. The van der Waals surface area contributed by atoms with Crippen molar-refractivity contribution < 1.29 is 4.79 Å². The number of carbonyl (C=O) groups excluding carboxylic acids is 1. The first-order valence-corrected chi connectivity index (χ1v) is 8.20. The van der Waals surface area contributed by atoms with Crippen LogP contribution in [0, 0.1) is 53.3 Å². The summed E-state index contributed by atoms with van der Waals surface area (Å²) >= 11 is 0. The molecule has 1 heteroatoms. The molecule has 4 rings (SSSR count). The van der Waals surface area contributed by atoms with Crippen molar-refractivity contribution in [2.24, 2.45) is 53.3 Å². The van der Waals surface area contributed by atoms with Gasteiger partial charge in [-0.15, -0.1) is 0 Å². The Morgan fingerprint density at radius 1 is 0.947 bits per heavy atom. The number of hydrogen-bond acceptors (Lipinski definition) is 1. The minimum atomic E-state index is 0.235. The summed E-state index contributed by atoms with van der Waals surface area (Å²) in [6.45, 7) is 10.8. The molecule has 0 heterocycles. The van der Waals surface area contributed by atoms with Crippen LogP contribution in [0.3, 0.4) is 0 Å². The van der Waals surface area contributed by atoms with Gasteiger partial charge < -0.3 is 0 Å². The van der Waals surface area contributed by atoms with Crippen LogP contribution in [0.2, 0.25) is 0 Å². The predicted molar refractivity (Wildman–Crippen MR) is 76.4 cm³/mol. The zero-order chi connectivity index (χ0) is 13.5. The van der Waals surface area contributed by atoms with E-state index in [1.165, 1.54) is 19.3 Å². The molecule has 0 N–H and O–H groups in total. The van der Waals surface area contributed by atoms with Crippen LogP contribution in [0.5, 0.6) is 0 Å². The quantitative estimate of drug-likeness (QED) is 0.541. The number of Topliss-reactive ketones (excluding diaryl/α,β-unsaturated/α-hetero) is 1. The molecule has 0 radical (unpaired) electrons. The topological polar surface area (TPSA) is 17.1 Å². The number of fused-ring (bicyclic) bond motifs is 9. The normalized spacial score (nSPS) is 57.5. The molecule has 4 fully saturated rings. The smallest absolute Gasteiger partial charge is 0.155 e. The molecule has 104 valence electrons. The van der Waals surface area contributed by atoms with Crippen molar-refractivity contribution in [2.45, 2.75) is 40.0 Å². The van der Waals surface area contributed by atoms with Crippen LogP contribution in [0.4, 0.5) is 0 Å². The fraction of sp³-hybridized carbons (Fsp3) is 0.833. The van der Waals surface area contributed by atoms with Crippen LogP contribution >= 0.6 is 0 Å². The van der Waals surface area contributed by atoms with Gasteiger partial charge in [0.2, 0.25) is 0 Å². The fourth-order valence-electron chi connectivity index (χ4n) is 6.89. The molecule has 4 saturated carbocycles. The molecule has 19 heavy (non-hydrogen) atoms. The molecule has 0 aromatic heterocycles. The maximum atomic E-state index is 11.7. The second kappa shape index (κ2) is 3.74. The van der Waals surface area contributed by atoms with Crippen molar-refractivity contribution in [2.75, 3.05) is 0 Å². The average Bonchev–Trinajstić information content (AvgIpc) is 3.08. The van der Waals surface area contributed by atoms with Gasteiger partial charge in [-0.3, -0.25) is 4.79 Å². The third-order valence-electron chi connectivity index (χ3n) is 7.74. The highest BCUT2D eigenvalue weighted by atomic mass is 16.1. The Labute approximate surface area is 116 Å². The largest absolute Gasteiger partial charge is 0.295 e. The zero-order valence-electron chi connectivity index (χ0n) is 12.4. The molecule has 9 atom stereocenters. The van der Waals surface area contributed by atoms with E-state index in [1.807, 2.05) is 0 Å². The van der Waals surface area contributed by atoms with E-state index in [9.17, 15) is 4.79 Å². The van der Waals surface area contributed by atoms with E-state index in [1.54, 1.807) is 6.92 Å². The van der Waals surface area contributed by atoms with Crippen LogP contribution in [-0.4, -0.2) is 5.78 Å². The van der Waals surface area contributed by atoms with Gasteiger partial charge in [0.05, 0.1) is 0 Å². The van der Waals surface area contributed by atoms with Gasteiger partial charge in [0.1, 0.15) is 0 Å². The van der Waals surface area contributed by atoms with Crippen LogP contribution in [0.25, 0.3) is 0 Å². The first-order valence-electron chi connectivity index (χ1n) is 8.20. The highest BCUT2D eigenvalue weighted by Gasteiger charge is 2.65. The molecule has 1 nitrogen and oxygen atoms in total. The van der Waals surface area contributed by atoms with Gasteiger partial charge >= 0.3 is 0 Å². The van der Waals surface area contributed by atoms with Gasteiger partial charge in [0.15, 0.2) is 5.78 Å². The summed E-state index contributed by atoms with van der Waals surface area (Å²) in [5, 5.41) is 0. The molecule has 0 amide bonds. The molecule has 0 aromatic carbocycles. The van der Waals surface area contributed by atoms with E-state index in [-0.39, 0.29) is 5.78 Å². The summed E-state index contributed by atoms with van der Waals surface area (Å²) in [5.41, 5.74) is 0.939. The molecule has 0 spiro atoms. The SMILES string of the molecule is C=C(C(C)=O)C1CC2CC1C1C3CC(C(C)C3C)C21. The highest BCUT2D eigenvalue weighted by Crippen LogP contribution is 2.71. The Kier molecular flexibility index (Phi) is 2.40. The van der Waals surface area contributed by atoms with E-state index in [0.29, 0.717) is 5.92 Å². The molecule has 4 aliphatic carbocycles. The van der Waals surface area contributed by atoms with Crippen molar-refractivity contribution in [3.63, 3.8) is 0 Å². The van der Waals surface area contributed by atoms with E-state index < -0.39 is 0 Å². The number of hydrogen-bond donors (Lipinski definition) is 0. The van der Waals surface area contributed by atoms with Gasteiger partial charge in [0, 0.05) is 0 Å². The first kappa shape index (κ1) is 12.2. The van der Waals surface area contributed by atoms with E-state index in [0.717, 1.165) is 52.9 Å². The summed E-state index contributed by atoms with van der Waals surface area (Å²) in [6.07, 6.45) is 4.16. The highest BCUT2D eigenvalue weighted by molar-refractivity contribution is 5.93. The summed E-state index contributed by atoms with van der Waals surface area (Å²) in [4.78, 5) is 11.7. The van der Waals surface area contributed by atoms with E-state index in [2.05, 4.69) is 20.4 Å². The molecule has 0 aromatic rings.